The van der Waals surface area contributed by atoms with Gasteiger partial charge >= 0.3 is 0 Å². The van der Waals surface area contributed by atoms with Gasteiger partial charge in [-0.3, -0.25) is 10.2 Å². The number of anilines is 2. The first-order valence-electron chi connectivity index (χ1n) is 9.19. The van der Waals surface area contributed by atoms with E-state index in [1.165, 1.54) is 11.1 Å². The Morgan fingerprint density at radius 3 is 2.88 bits per heavy atom. The molecule has 2 aliphatic rings. The van der Waals surface area contributed by atoms with Gasteiger partial charge in [-0.2, -0.15) is 5.10 Å². The lowest BCUT2D eigenvalue weighted by Crippen LogP contribution is -2.49. The Morgan fingerprint density at radius 1 is 1.23 bits per heavy atom. The zero-order valence-electron chi connectivity index (χ0n) is 14.8. The summed E-state index contributed by atoms with van der Waals surface area (Å²) in [7, 11) is 0. The molecule has 5 nitrogen and oxygen atoms in total. The molecule has 1 aliphatic heterocycles. The zero-order valence-corrected chi connectivity index (χ0v) is 14.8. The maximum Gasteiger partial charge on any atom is 0.254 e. The van der Waals surface area contributed by atoms with Crippen LogP contribution in [0.5, 0.6) is 0 Å². The van der Waals surface area contributed by atoms with E-state index in [0.717, 1.165) is 32.2 Å². The number of hydrogen-bond donors (Lipinski definition) is 2. The second kappa shape index (κ2) is 6.83. The number of amides is 1. The Labute approximate surface area is 153 Å². The minimum Gasteiger partial charge on any atom is -0.397 e. The number of likely N-dealkylation sites (tertiary alicyclic amines) is 1. The largest absolute Gasteiger partial charge is 0.397 e. The first kappa shape index (κ1) is 16.6. The van der Waals surface area contributed by atoms with Crippen LogP contribution in [-0.4, -0.2) is 30.1 Å². The number of benzene rings is 2. The molecule has 4 rings (SSSR count). The van der Waals surface area contributed by atoms with Crippen molar-refractivity contribution in [1.82, 2.24) is 4.90 Å². The van der Waals surface area contributed by atoms with Gasteiger partial charge in [-0.25, -0.2) is 0 Å². The van der Waals surface area contributed by atoms with Crippen molar-refractivity contribution in [2.45, 2.75) is 37.6 Å². The molecule has 0 saturated carbocycles. The van der Waals surface area contributed by atoms with Gasteiger partial charge in [0.2, 0.25) is 0 Å². The number of nitrogen functional groups attached to an aromatic ring is 1. The summed E-state index contributed by atoms with van der Waals surface area (Å²) >= 11 is 0. The third kappa shape index (κ3) is 2.83. The predicted octanol–water partition coefficient (Wildman–Crippen LogP) is 3.63. The standard InChI is InChI=1S/C21H24N4O/c1-23-24-19-10-8-15(13-18(19)22)21(26)25-12-4-7-17-16-6-3-2-5-14(16)9-11-20(17)25/h2-3,5-6,8,10,13,17,20,24H,1,4,7,9,11-12,22H2. The van der Waals surface area contributed by atoms with Crippen LogP contribution in [0.2, 0.25) is 0 Å². The van der Waals surface area contributed by atoms with Crippen LogP contribution < -0.4 is 11.2 Å². The first-order valence-corrected chi connectivity index (χ1v) is 9.19. The van der Waals surface area contributed by atoms with Gasteiger partial charge in [-0.05, 0) is 55.0 Å². The number of carbonyl (C=O) groups is 1. The number of hydrogen-bond acceptors (Lipinski definition) is 4. The highest BCUT2D eigenvalue weighted by molar-refractivity contribution is 5.96. The van der Waals surface area contributed by atoms with Crippen LogP contribution in [0, 0.1) is 0 Å². The summed E-state index contributed by atoms with van der Waals surface area (Å²) in [5.41, 5.74) is 13.5. The van der Waals surface area contributed by atoms with Gasteiger partial charge in [0.25, 0.3) is 5.91 Å². The van der Waals surface area contributed by atoms with Crippen LogP contribution in [0.25, 0.3) is 0 Å². The molecule has 2 aromatic rings. The molecule has 0 aromatic heterocycles. The average molecular weight is 348 g/mol. The molecule has 1 aliphatic carbocycles. The van der Waals surface area contributed by atoms with Gasteiger partial charge in [0.1, 0.15) is 0 Å². The number of hydrazone groups is 1. The van der Waals surface area contributed by atoms with Crippen molar-refractivity contribution in [1.29, 1.82) is 0 Å². The Hall–Kier alpha value is -2.82. The summed E-state index contributed by atoms with van der Waals surface area (Å²) in [5.74, 6) is 0.518. The van der Waals surface area contributed by atoms with E-state index in [-0.39, 0.29) is 11.9 Å². The van der Waals surface area contributed by atoms with Crippen molar-refractivity contribution in [3.8, 4) is 0 Å². The highest BCUT2D eigenvalue weighted by Gasteiger charge is 2.38. The van der Waals surface area contributed by atoms with Crippen LogP contribution in [0.3, 0.4) is 0 Å². The fraction of sp³-hybridized carbons (Fsp3) is 0.333. The molecule has 1 fully saturated rings. The quantitative estimate of drug-likeness (QED) is 0.505. The first-order chi connectivity index (χ1) is 12.7. The van der Waals surface area contributed by atoms with Crippen LogP contribution in [0.15, 0.2) is 47.6 Å². The molecular formula is C21H24N4O. The number of aryl methyl sites for hydroxylation is 1. The minimum atomic E-state index is 0.0730. The number of nitrogens with zero attached hydrogens (tertiary/aromatic N) is 2. The maximum atomic E-state index is 13.2. The molecule has 5 heteroatoms. The summed E-state index contributed by atoms with van der Waals surface area (Å²) in [6, 6.07) is 14.3. The van der Waals surface area contributed by atoms with Gasteiger partial charge < -0.3 is 10.6 Å². The van der Waals surface area contributed by atoms with E-state index in [1.807, 2.05) is 6.07 Å². The molecule has 0 radical (unpaired) electrons. The second-order valence-electron chi connectivity index (χ2n) is 7.12. The molecule has 2 aromatic carbocycles. The molecule has 134 valence electrons. The lowest BCUT2D eigenvalue weighted by atomic mass is 9.74. The van der Waals surface area contributed by atoms with Gasteiger partial charge in [-0.15, -0.1) is 0 Å². The fourth-order valence-corrected chi connectivity index (χ4v) is 4.50. The number of carbonyl (C=O) groups excluding carboxylic acids is 1. The van der Waals surface area contributed by atoms with Crippen molar-refractivity contribution < 1.29 is 4.79 Å². The van der Waals surface area contributed by atoms with Crippen LogP contribution in [0.1, 0.15) is 46.7 Å². The molecule has 0 spiro atoms. The summed E-state index contributed by atoms with van der Waals surface area (Å²) in [5, 5.41) is 3.63. The molecule has 1 saturated heterocycles. The van der Waals surface area contributed by atoms with Crippen molar-refractivity contribution >= 4 is 24.0 Å². The summed E-state index contributed by atoms with van der Waals surface area (Å²) in [6.07, 6.45) is 4.26. The molecular weight excluding hydrogens is 324 g/mol. The van der Waals surface area contributed by atoms with E-state index in [4.69, 9.17) is 5.73 Å². The molecule has 1 amide bonds. The van der Waals surface area contributed by atoms with Crippen molar-refractivity contribution in [2.24, 2.45) is 5.10 Å². The predicted molar refractivity (Wildman–Crippen MR) is 106 cm³/mol. The highest BCUT2D eigenvalue weighted by Crippen LogP contribution is 2.41. The third-order valence-electron chi connectivity index (χ3n) is 5.70. The van der Waals surface area contributed by atoms with Crippen LogP contribution >= 0.6 is 0 Å². The van der Waals surface area contributed by atoms with E-state index in [2.05, 4.69) is 46.4 Å². The Balaban J connectivity index is 1.61. The van der Waals surface area contributed by atoms with Crippen molar-refractivity contribution in [2.75, 3.05) is 17.7 Å². The van der Waals surface area contributed by atoms with E-state index in [0.29, 0.717) is 22.9 Å². The summed E-state index contributed by atoms with van der Waals surface area (Å²) in [6.45, 7) is 4.22. The lowest BCUT2D eigenvalue weighted by molar-refractivity contribution is 0.0547. The normalized spacial score (nSPS) is 21.5. The Morgan fingerprint density at radius 2 is 2.08 bits per heavy atom. The number of piperidine rings is 1. The highest BCUT2D eigenvalue weighted by atomic mass is 16.2. The topological polar surface area (TPSA) is 70.7 Å². The van der Waals surface area contributed by atoms with E-state index >= 15 is 0 Å². The number of nitrogens with one attached hydrogen (secondary N) is 1. The zero-order chi connectivity index (χ0) is 18.1. The molecule has 0 bridgehead atoms. The summed E-state index contributed by atoms with van der Waals surface area (Å²) in [4.78, 5) is 15.3. The van der Waals surface area contributed by atoms with Crippen LogP contribution in [0.4, 0.5) is 11.4 Å². The molecule has 1 heterocycles. The van der Waals surface area contributed by atoms with Gasteiger partial charge in [0.05, 0.1) is 11.4 Å². The SMILES string of the molecule is C=NNc1ccc(C(=O)N2CCCC3c4ccccc4CCC32)cc1N. The van der Waals surface area contributed by atoms with E-state index in [1.54, 1.807) is 12.1 Å². The minimum absolute atomic E-state index is 0.0730. The fourth-order valence-electron chi connectivity index (χ4n) is 4.50. The van der Waals surface area contributed by atoms with Crippen LogP contribution in [-0.2, 0) is 6.42 Å². The summed E-state index contributed by atoms with van der Waals surface area (Å²) < 4.78 is 0. The van der Waals surface area contributed by atoms with Crippen molar-refractivity contribution in [3.05, 3.63) is 59.2 Å². The van der Waals surface area contributed by atoms with Gasteiger partial charge in [0.15, 0.2) is 0 Å². The molecule has 26 heavy (non-hydrogen) atoms. The number of fused-ring (bicyclic) bond motifs is 3. The molecule has 2 atom stereocenters. The Kier molecular flexibility index (Phi) is 4.37. The maximum absolute atomic E-state index is 13.2. The van der Waals surface area contributed by atoms with E-state index in [9.17, 15) is 4.79 Å². The monoisotopic (exact) mass is 348 g/mol. The number of rotatable bonds is 3. The lowest BCUT2D eigenvalue weighted by Gasteiger charge is -2.45. The molecule has 3 N–H and O–H groups in total. The Bertz CT molecular complexity index is 848. The second-order valence-corrected chi connectivity index (χ2v) is 7.12. The number of nitrogens with two attached hydrogens (primary N) is 1. The van der Waals surface area contributed by atoms with E-state index < -0.39 is 0 Å². The van der Waals surface area contributed by atoms with Gasteiger partial charge in [-0.1, -0.05) is 24.3 Å². The van der Waals surface area contributed by atoms with Gasteiger partial charge in [0, 0.05) is 30.8 Å². The molecule has 2 unspecified atom stereocenters. The third-order valence-corrected chi connectivity index (χ3v) is 5.70. The van der Waals surface area contributed by atoms with Crippen molar-refractivity contribution in [3.63, 3.8) is 0 Å². The smallest absolute Gasteiger partial charge is 0.254 e. The average Bonchev–Trinajstić information content (AvgIpc) is 2.68.